The molecule has 1 aliphatic heterocycles. The van der Waals surface area contributed by atoms with Crippen LogP contribution >= 0.6 is 0 Å². The molecule has 1 fully saturated rings. The molecule has 15 heavy (non-hydrogen) atoms. The lowest BCUT2D eigenvalue weighted by Crippen LogP contribution is -2.36. The number of hydrogen-bond acceptors (Lipinski definition) is 2. The molecule has 2 rings (SSSR count). The third kappa shape index (κ3) is 2.61. The van der Waals surface area contributed by atoms with Crippen molar-refractivity contribution in [2.24, 2.45) is 0 Å². The van der Waals surface area contributed by atoms with E-state index >= 15 is 0 Å². The largest absolute Gasteiger partial charge is 0.364 e. The molecule has 84 valence electrons. The molecule has 1 aromatic rings. The van der Waals surface area contributed by atoms with Gasteiger partial charge in [0.05, 0.1) is 0 Å². The number of hydrogen-bond donors (Lipinski definition) is 2. The summed E-state index contributed by atoms with van der Waals surface area (Å²) in [4.78, 5) is 5.69. The monoisotopic (exact) mass is 207 g/mol. The average Bonchev–Trinajstić information content (AvgIpc) is 2.88. The highest BCUT2D eigenvalue weighted by molar-refractivity contribution is 5.08. The van der Waals surface area contributed by atoms with Crippen molar-refractivity contribution in [3.63, 3.8) is 0 Å². The highest BCUT2D eigenvalue weighted by Gasteiger charge is 2.19. The standard InChI is InChI=1S/C12H21N3/c1-10(12-6-4-8-14-12)15(2)9-11-5-3-7-13-11/h4,6,8,10-11,13-14H,3,5,7,9H2,1-2H3/t10-,11+/m1/s1. The quantitative estimate of drug-likeness (QED) is 0.788. The van der Waals surface area contributed by atoms with Gasteiger partial charge in [0.15, 0.2) is 0 Å². The molecular weight excluding hydrogens is 186 g/mol. The van der Waals surface area contributed by atoms with Crippen LogP contribution in [0.15, 0.2) is 18.3 Å². The molecule has 0 saturated carbocycles. The summed E-state index contributed by atoms with van der Waals surface area (Å²) in [5, 5.41) is 3.54. The van der Waals surface area contributed by atoms with E-state index in [0.29, 0.717) is 12.1 Å². The first-order valence-corrected chi connectivity index (χ1v) is 5.84. The molecule has 0 aliphatic carbocycles. The zero-order valence-electron chi connectivity index (χ0n) is 9.66. The summed E-state index contributed by atoms with van der Waals surface area (Å²) in [7, 11) is 2.20. The molecule has 0 spiro atoms. The van der Waals surface area contributed by atoms with Gasteiger partial charge in [0, 0.05) is 30.5 Å². The topological polar surface area (TPSA) is 31.1 Å². The maximum Gasteiger partial charge on any atom is 0.0467 e. The van der Waals surface area contributed by atoms with E-state index in [0.717, 1.165) is 6.54 Å². The molecule has 0 amide bonds. The van der Waals surface area contributed by atoms with Gasteiger partial charge >= 0.3 is 0 Å². The van der Waals surface area contributed by atoms with Crippen molar-refractivity contribution < 1.29 is 0 Å². The maximum atomic E-state index is 3.54. The van der Waals surface area contributed by atoms with Crippen LogP contribution in [0, 0.1) is 0 Å². The highest BCUT2D eigenvalue weighted by Crippen LogP contribution is 2.18. The Balaban J connectivity index is 1.87. The van der Waals surface area contributed by atoms with E-state index in [2.05, 4.69) is 41.3 Å². The second kappa shape index (κ2) is 4.81. The molecular formula is C12H21N3. The normalized spacial score (nSPS) is 23.5. The summed E-state index contributed by atoms with van der Waals surface area (Å²) < 4.78 is 0. The van der Waals surface area contributed by atoms with Gasteiger partial charge in [-0.25, -0.2) is 0 Å². The van der Waals surface area contributed by atoms with E-state index in [1.54, 1.807) is 0 Å². The Morgan fingerprint density at radius 3 is 3.07 bits per heavy atom. The fourth-order valence-corrected chi connectivity index (χ4v) is 2.26. The summed E-state index contributed by atoms with van der Waals surface area (Å²) in [6.45, 7) is 4.58. The van der Waals surface area contributed by atoms with Crippen LogP contribution < -0.4 is 5.32 Å². The van der Waals surface area contributed by atoms with Gasteiger partial charge in [-0.3, -0.25) is 4.90 Å². The molecule has 0 aromatic carbocycles. The van der Waals surface area contributed by atoms with Crippen LogP contribution in [0.2, 0.25) is 0 Å². The van der Waals surface area contributed by atoms with Gasteiger partial charge in [-0.15, -0.1) is 0 Å². The van der Waals surface area contributed by atoms with Crippen molar-refractivity contribution in [2.45, 2.75) is 31.8 Å². The van der Waals surface area contributed by atoms with E-state index in [1.165, 1.54) is 25.1 Å². The van der Waals surface area contributed by atoms with E-state index in [1.807, 2.05) is 6.20 Å². The van der Waals surface area contributed by atoms with Crippen molar-refractivity contribution in [3.8, 4) is 0 Å². The maximum absolute atomic E-state index is 3.54. The molecule has 0 radical (unpaired) electrons. The third-order valence-corrected chi connectivity index (χ3v) is 3.40. The first kappa shape index (κ1) is 10.7. The third-order valence-electron chi connectivity index (χ3n) is 3.40. The van der Waals surface area contributed by atoms with Crippen LogP contribution in [0.25, 0.3) is 0 Å². The van der Waals surface area contributed by atoms with Crippen molar-refractivity contribution in [1.29, 1.82) is 0 Å². The summed E-state index contributed by atoms with van der Waals surface area (Å²) >= 11 is 0. The molecule has 1 aromatic heterocycles. The lowest BCUT2D eigenvalue weighted by atomic mass is 10.1. The minimum absolute atomic E-state index is 0.474. The molecule has 0 bridgehead atoms. The molecule has 2 atom stereocenters. The second-order valence-corrected chi connectivity index (χ2v) is 4.53. The summed E-state index contributed by atoms with van der Waals surface area (Å²) in [6, 6.07) is 5.38. The van der Waals surface area contributed by atoms with Gasteiger partial charge in [-0.1, -0.05) is 0 Å². The lowest BCUT2D eigenvalue weighted by molar-refractivity contribution is 0.235. The zero-order chi connectivity index (χ0) is 10.7. The summed E-state index contributed by atoms with van der Waals surface area (Å²) in [5.41, 5.74) is 1.30. The SMILES string of the molecule is C[C@H](c1ccc[nH]1)N(C)C[C@@H]1CCCN1. The van der Waals surface area contributed by atoms with Crippen LogP contribution in [-0.2, 0) is 0 Å². The molecule has 3 heteroatoms. The first-order chi connectivity index (χ1) is 7.27. The zero-order valence-corrected chi connectivity index (χ0v) is 9.66. The number of H-pyrrole nitrogens is 1. The van der Waals surface area contributed by atoms with Gasteiger partial charge in [0.2, 0.25) is 0 Å². The van der Waals surface area contributed by atoms with Crippen molar-refractivity contribution in [3.05, 3.63) is 24.0 Å². The van der Waals surface area contributed by atoms with Crippen LogP contribution in [0.5, 0.6) is 0 Å². The van der Waals surface area contributed by atoms with E-state index in [9.17, 15) is 0 Å². The number of nitrogens with one attached hydrogen (secondary N) is 2. The number of aromatic nitrogens is 1. The smallest absolute Gasteiger partial charge is 0.0467 e. The van der Waals surface area contributed by atoms with Crippen molar-refractivity contribution >= 4 is 0 Å². The van der Waals surface area contributed by atoms with Crippen molar-refractivity contribution in [1.82, 2.24) is 15.2 Å². The minimum Gasteiger partial charge on any atom is -0.364 e. The molecule has 2 heterocycles. The van der Waals surface area contributed by atoms with Gasteiger partial charge in [-0.05, 0) is 45.5 Å². The second-order valence-electron chi connectivity index (χ2n) is 4.53. The highest BCUT2D eigenvalue weighted by atomic mass is 15.2. The molecule has 2 N–H and O–H groups in total. The average molecular weight is 207 g/mol. The number of rotatable bonds is 4. The van der Waals surface area contributed by atoms with Crippen LogP contribution in [-0.4, -0.2) is 36.1 Å². The Hall–Kier alpha value is -0.800. The predicted octanol–water partition coefficient (Wildman–Crippen LogP) is 1.76. The Labute approximate surface area is 91.9 Å². The van der Waals surface area contributed by atoms with Gasteiger partial charge in [-0.2, -0.15) is 0 Å². The van der Waals surface area contributed by atoms with Gasteiger partial charge in [0.1, 0.15) is 0 Å². The fraction of sp³-hybridized carbons (Fsp3) is 0.667. The van der Waals surface area contributed by atoms with E-state index < -0.39 is 0 Å². The van der Waals surface area contributed by atoms with Crippen molar-refractivity contribution in [2.75, 3.05) is 20.1 Å². The van der Waals surface area contributed by atoms with E-state index in [4.69, 9.17) is 0 Å². The Morgan fingerprint density at radius 1 is 1.60 bits per heavy atom. The molecule has 1 saturated heterocycles. The van der Waals surface area contributed by atoms with Crippen LogP contribution in [0.1, 0.15) is 31.5 Å². The predicted molar refractivity (Wildman–Crippen MR) is 62.9 cm³/mol. The van der Waals surface area contributed by atoms with Crippen LogP contribution in [0.4, 0.5) is 0 Å². The summed E-state index contributed by atoms with van der Waals surface area (Å²) in [6.07, 6.45) is 4.64. The molecule has 1 aliphatic rings. The first-order valence-electron chi connectivity index (χ1n) is 5.84. The Kier molecular flexibility index (Phi) is 3.44. The number of aromatic amines is 1. The Morgan fingerprint density at radius 2 is 2.47 bits per heavy atom. The van der Waals surface area contributed by atoms with E-state index in [-0.39, 0.29) is 0 Å². The number of likely N-dealkylation sites (N-methyl/N-ethyl adjacent to an activating group) is 1. The lowest BCUT2D eigenvalue weighted by Gasteiger charge is -2.26. The van der Waals surface area contributed by atoms with Gasteiger partial charge < -0.3 is 10.3 Å². The minimum atomic E-state index is 0.474. The van der Waals surface area contributed by atoms with Crippen LogP contribution in [0.3, 0.4) is 0 Å². The number of nitrogens with zero attached hydrogens (tertiary/aromatic N) is 1. The molecule has 3 nitrogen and oxygen atoms in total. The Bertz CT molecular complexity index is 275. The summed E-state index contributed by atoms with van der Waals surface area (Å²) in [5.74, 6) is 0. The molecule has 0 unspecified atom stereocenters. The van der Waals surface area contributed by atoms with Gasteiger partial charge in [0.25, 0.3) is 0 Å². The fourth-order valence-electron chi connectivity index (χ4n) is 2.26.